The molecule has 1 saturated carbocycles. The Labute approximate surface area is 181 Å². The maximum Gasteiger partial charge on any atom is 0.378 e. The minimum Gasteiger partial charge on any atom is -0.450 e. The molecule has 1 amide bonds. The lowest BCUT2D eigenvalue weighted by Crippen LogP contribution is -2.42. The molecule has 1 aliphatic rings. The Bertz CT molecular complexity index is 976. The number of nitrogens with one attached hydrogen (secondary N) is 1. The average molecular weight is 418 g/mol. The molecule has 7 nitrogen and oxygen atoms in total. The van der Waals surface area contributed by atoms with Crippen LogP contribution in [0.25, 0.3) is 17.1 Å². The summed E-state index contributed by atoms with van der Waals surface area (Å²) in [6.45, 7) is 1.80. The molecule has 2 aromatic carbocycles. The molecule has 1 aliphatic carbocycles. The van der Waals surface area contributed by atoms with Crippen LogP contribution in [0, 0.1) is 5.92 Å². The quantitative estimate of drug-likeness (QED) is 0.616. The molecule has 1 aromatic heterocycles. The normalized spacial score (nSPS) is 18.4. The Morgan fingerprint density at radius 1 is 1.03 bits per heavy atom. The molecular weight excluding hydrogens is 392 g/mol. The van der Waals surface area contributed by atoms with Crippen molar-refractivity contribution in [2.45, 2.75) is 38.6 Å². The Morgan fingerprint density at radius 3 is 2.42 bits per heavy atom. The molecule has 3 aromatic rings. The highest BCUT2D eigenvalue weighted by molar-refractivity contribution is 5.88. The summed E-state index contributed by atoms with van der Waals surface area (Å²) in [5.74, 6) is -0.137. The largest absolute Gasteiger partial charge is 0.450 e. The standard InChI is InChI=1S/C24H26N4O3/c1-17-10-8-9-15-20(17)25-21(29)16-31-24(30)22-26-23(18-11-4-2-5-12-18)28(27-22)19-13-6-3-7-14-19/h2-7,11-14,17,20H,8-10,15-16H2,1H3,(H,25,29)/t17-,20+/m0/s1. The van der Waals surface area contributed by atoms with Crippen molar-refractivity contribution in [2.24, 2.45) is 5.92 Å². The molecule has 1 fully saturated rings. The number of carbonyl (C=O) groups excluding carboxylic acids is 2. The van der Waals surface area contributed by atoms with E-state index in [2.05, 4.69) is 22.3 Å². The number of benzene rings is 2. The second kappa shape index (κ2) is 9.55. The first kappa shape index (κ1) is 20.8. The summed E-state index contributed by atoms with van der Waals surface area (Å²) in [5.41, 5.74) is 1.60. The molecule has 4 rings (SSSR count). The molecule has 0 radical (unpaired) electrons. The van der Waals surface area contributed by atoms with Crippen LogP contribution in [0.2, 0.25) is 0 Å². The van der Waals surface area contributed by atoms with E-state index < -0.39 is 5.97 Å². The van der Waals surface area contributed by atoms with E-state index in [1.807, 2.05) is 60.7 Å². The van der Waals surface area contributed by atoms with Gasteiger partial charge in [-0.25, -0.2) is 14.5 Å². The highest BCUT2D eigenvalue weighted by Crippen LogP contribution is 2.24. The first-order valence-corrected chi connectivity index (χ1v) is 10.7. The lowest BCUT2D eigenvalue weighted by atomic mass is 9.86. The molecule has 160 valence electrons. The predicted molar refractivity (Wildman–Crippen MR) is 117 cm³/mol. The fourth-order valence-corrected chi connectivity index (χ4v) is 3.90. The van der Waals surface area contributed by atoms with Crippen molar-refractivity contribution in [2.75, 3.05) is 6.61 Å². The van der Waals surface area contributed by atoms with Gasteiger partial charge in [-0.05, 0) is 30.9 Å². The van der Waals surface area contributed by atoms with Crippen molar-refractivity contribution in [3.63, 3.8) is 0 Å². The molecule has 0 spiro atoms. The van der Waals surface area contributed by atoms with Gasteiger partial charge in [-0.15, -0.1) is 5.10 Å². The second-order valence-corrected chi connectivity index (χ2v) is 7.88. The van der Waals surface area contributed by atoms with Crippen LogP contribution in [0.5, 0.6) is 0 Å². The van der Waals surface area contributed by atoms with Gasteiger partial charge >= 0.3 is 5.97 Å². The second-order valence-electron chi connectivity index (χ2n) is 7.88. The van der Waals surface area contributed by atoms with Gasteiger partial charge in [0.15, 0.2) is 12.4 Å². The minimum absolute atomic E-state index is 0.0819. The van der Waals surface area contributed by atoms with Crippen molar-refractivity contribution in [3.05, 3.63) is 66.5 Å². The maximum absolute atomic E-state index is 12.6. The van der Waals surface area contributed by atoms with Crippen molar-refractivity contribution in [1.82, 2.24) is 20.1 Å². The van der Waals surface area contributed by atoms with Crippen LogP contribution in [-0.2, 0) is 9.53 Å². The molecular formula is C24H26N4O3. The summed E-state index contributed by atoms with van der Waals surface area (Å²) in [6, 6.07) is 19.1. The summed E-state index contributed by atoms with van der Waals surface area (Å²) >= 11 is 0. The van der Waals surface area contributed by atoms with E-state index in [1.165, 1.54) is 6.42 Å². The van der Waals surface area contributed by atoms with Crippen LogP contribution in [0.3, 0.4) is 0 Å². The van der Waals surface area contributed by atoms with Crippen LogP contribution in [0.15, 0.2) is 60.7 Å². The Hall–Kier alpha value is -3.48. The number of amides is 1. The van der Waals surface area contributed by atoms with Crippen molar-refractivity contribution >= 4 is 11.9 Å². The van der Waals surface area contributed by atoms with E-state index in [1.54, 1.807) is 4.68 Å². The number of nitrogens with zero attached hydrogens (tertiary/aromatic N) is 3. The number of esters is 1. The Morgan fingerprint density at radius 2 is 1.71 bits per heavy atom. The SMILES string of the molecule is C[C@H]1CCCC[C@H]1NC(=O)COC(=O)c1nc(-c2ccccc2)n(-c2ccccc2)n1. The third-order valence-electron chi connectivity index (χ3n) is 5.61. The summed E-state index contributed by atoms with van der Waals surface area (Å²) in [5, 5.41) is 7.34. The van der Waals surface area contributed by atoms with Crippen LogP contribution in [-0.4, -0.2) is 39.3 Å². The number of aromatic nitrogens is 3. The third kappa shape index (κ3) is 4.99. The van der Waals surface area contributed by atoms with Gasteiger partial charge in [0.05, 0.1) is 5.69 Å². The maximum atomic E-state index is 12.6. The van der Waals surface area contributed by atoms with Gasteiger partial charge in [-0.1, -0.05) is 68.3 Å². The molecule has 7 heteroatoms. The Kier molecular flexibility index (Phi) is 6.40. The van der Waals surface area contributed by atoms with Gasteiger partial charge in [-0.2, -0.15) is 0 Å². The summed E-state index contributed by atoms with van der Waals surface area (Å²) in [6.07, 6.45) is 4.37. The number of carbonyl (C=O) groups is 2. The topological polar surface area (TPSA) is 86.1 Å². The zero-order valence-electron chi connectivity index (χ0n) is 17.5. The molecule has 31 heavy (non-hydrogen) atoms. The molecule has 0 unspecified atom stereocenters. The van der Waals surface area contributed by atoms with E-state index in [9.17, 15) is 9.59 Å². The van der Waals surface area contributed by atoms with Crippen LogP contribution in [0.1, 0.15) is 43.2 Å². The third-order valence-corrected chi connectivity index (χ3v) is 5.61. The first-order valence-electron chi connectivity index (χ1n) is 10.7. The van der Waals surface area contributed by atoms with Gasteiger partial charge in [0.2, 0.25) is 0 Å². The minimum atomic E-state index is -0.723. The number of ether oxygens (including phenoxy) is 1. The lowest BCUT2D eigenvalue weighted by molar-refractivity contribution is -0.125. The molecule has 1 N–H and O–H groups in total. The molecule has 0 saturated heterocycles. The van der Waals surface area contributed by atoms with Crippen molar-refractivity contribution in [3.8, 4) is 17.1 Å². The van der Waals surface area contributed by atoms with Gasteiger partial charge in [0.1, 0.15) is 0 Å². The average Bonchev–Trinajstić information content (AvgIpc) is 3.26. The number of hydrogen-bond donors (Lipinski definition) is 1. The zero-order chi connectivity index (χ0) is 21.6. The van der Waals surface area contributed by atoms with Crippen molar-refractivity contribution in [1.29, 1.82) is 0 Å². The van der Waals surface area contributed by atoms with Gasteiger partial charge in [0, 0.05) is 11.6 Å². The fourth-order valence-electron chi connectivity index (χ4n) is 3.90. The highest BCUT2D eigenvalue weighted by atomic mass is 16.5. The van der Waals surface area contributed by atoms with E-state index in [0.29, 0.717) is 11.7 Å². The Balaban J connectivity index is 1.48. The predicted octanol–water partition coefficient (Wildman–Crippen LogP) is 3.79. The van der Waals surface area contributed by atoms with Gasteiger partial charge < -0.3 is 10.1 Å². The van der Waals surface area contributed by atoms with E-state index in [0.717, 1.165) is 30.5 Å². The van der Waals surface area contributed by atoms with Crippen molar-refractivity contribution < 1.29 is 14.3 Å². The smallest absolute Gasteiger partial charge is 0.378 e. The summed E-state index contributed by atoms with van der Waals surface area (Å²) in [4.78, 5) is 29.3. The molecule has 2 atom stereocenters. The summed E-state index contributed by atoms with van der Waals surface area (Å²) < 4.78 is 6.82. The monoisotopic (exact) mass is 418 g/mol. The highest BCUT2D eigenvalue weighted by Gasteiger charge is 2.24. The van der Waals surface area contributed by atoms with E-state index in [4.69, 9.17) is 4.74 Å². The number of para-hydroxylation sites is 1. The summed E-state index contributed by atoms with van der Waals surface area (Å²) in [7, 11) is 0. The number of rotatable bonds is 6. The van der Waals surface area contributed by atoms with E-state index in [-0.39, 0.29) is 24.4 Å². The molecule has 0 aliphatic heterocycles. The fraction of sp³-hybridized carbons (Fsp3) is 0.333. The van der Waals surface area contributed by atoms with E-state index >= 15 is 0 Å². The molecule has 0 bridgehead atoms. The lowest BCUT2D eigenvalue weighted by Gasteiger charge is -2.29. The van der Waals surface area contributed by atoms with Crippen LogP contribution in [0.4, 0.5) is 0 Å². The van der Waals surface area contributed by atoms with Gasteiger partial charge in [0.25, 0.3) is 11.7 Å². The molecule has 1 heterocycles. The number of hydrogen-bond acceptors (Lipinski definition) is 5. The zero-order valence-corrected chi connectivity index (χ0v) is 17.5. The van der Waals surface area contributed by atoms with Crippen LogP contribution >= 0.6 is 0 Å². The first-order chi connectivity index (χ1) is 15.1. The van der Waals surface area contributed by atoms with Crippen LogP contribution < -0.4 is 5.32 Å². The van der Waals surface area contributed by atoms with Gasteiger partial charge in [-0.3, -0.25) is 4.79 Å².